The van der Waals surface area contributed by atoms with Crippen LogP contribution in [0.4, 0.5) is 0 Å². The van der Waals surface area contributed by atoms with Crippen LogP contribution in [-0.4, -0.2) is 40.6 Å². The molecule has 4 nitrogen and oxygen atoms in total. The molecule has 1 fully saturated rings. The number of amides is 1. The number of benzene rings is 1. The Bertz CT molecular complexity index is 618. The first kappa shape index (κ1) is 12.2. The summed E-state index contributed by atoms with van der Waals surface area (Å²) in [5.74, 6) is 0.306. The summed E-state index contributed by atoms with van der Waals surface area (Å²) in [6.45, 7) is 3.50. The van der Waals surface area contributed by atoms with E-state index in [1.807, 2.05) is 36.1 Å². The van der Waals surface area contributed by atoms with Gasteiger partial charge in [0.15, 0.2) is 0 Å². The first-order chi connectivity index (χ1) is 9.20. The number of aliphatic hydroxyl groups excluding tert-OH is 1. The van der Waals surface area contributed by atoms with E-state index in [-0.39, 0.29) is 18.4 Å². The standard InChI is InChI=1S/C15H18N2O2/c1-10-14(12-4-2-3-5-13(12)16-10)15(19)17-7-6-11(8-17)9-18/h2-5,11,16,18H,6-9H2,1H3. The lowest BCUT2D eigenvalue weighted by atomic mass is 10.1. The van der Waals surface area contributed by atoms with Gasteiger partial charge in [-0.25, -0.2) is 0 Å². The fourth-order valence-corrected chi connectivity index (χ4v) is 2.88. The first-order valence-electron chi connectivity index (χ1n) is 6.68. The Labute approximate surface area is 112 Å². The molecule has 1 atom stereocenters. The molecule has 0 aliphatic carbocycles. The molecule has 4 heteroatoms. The minimum atomic E-state index is 0.0749. The lowest BCUT2D eigenvalue weighted by Crippen LogP contribution is -2.29. The Hall–Kier alpha value is -1.81. The molecule has 1 saturated heterocycles. The van der Waals surface area contributed by atoms with Gasteiger partial charge in [-0.3, -0.25) is 4.79 Å². The van der Waals surface area contributed by atoms with Crippen molar-refractivity contribution in [1.29, 1.82) is 0 Å². The smallest absolute Gasteiger partial charge is 0.256 e. The van der Waals surface area contributed by atoms with Gasteiger partial charge >= 0.3 is 0 Å². The van der Waals surface area contributed by atoms with E-state index in [0.717, 1.165) is 35.1 Å². The summed E-state index contributed by atoms with van der Waals surface area (Å²) < 4.78 is 0. The van der Waals surface area contributed by atoms with E-state index in [1.54, 1.807) is 0 Å². The number of aliphatic hydroxyl groups is 1. The normalized spacial score (nSPS) is 19.3. The van der Waals surface area contributed by atoms with Gasteiger partial charge in [-0.05, 0) is 19.4 Å². The van der Waals surface area contributed by atoms with Crippen LogP contribution in [0.15, 0.2) is 24.3 Å². The lowest BCUT2D eigenvalue weighted by Gasteiger charge is -2.16. The van der Waals surface area contributed by atoms with Crippen LogP contribution in [0.2, 0.25) is 0 Å². The van der Waals surface area contributed by atoms with E-state index in [4.69, 9.17) is 0 Å². The highest BCUT2D eigenvalue weighted by atomic mass is 16.3. The van der Waals surface area contributed by atoms with Crippen molar-refractivity contribution in [2.75, 3.05) is 19.7 Å². The number of aryl methyl sites for hydroxylation is 1. The van der Waals surface area contributed by atoms with Crippen molar-refractivity contribution in [3.8, 4) is 0 Å². The summed E-state index contributed by atoms with van der Waals surface area (Å²) in [6, 6.07) is 7.88. The highest BCUT2D eigenvalue weighted by Crippen LogP contribution is 2.26. The largest absolute Gasteiger partial charge is 0.396 e. The molecular weight excluding hydrogens is 240 g/mol. The van der Waals surface area contributed by atoms with E-state index >= 15 is 0 Å². The number of fused-ring (bicyclic) bond motifs is 1. The molecule has 0 saturated carbocycles. The molecule has 1 aliphatic heterocycles. The number of hydrogen-bond donors (Lipinski definition) is 2. The molecule has 1 amide bonds. The molecule has 2 N–H and O–H groups in total. The number of nitrogens with one attached hydrogen (secondary N) is 1. The number of aromatic amines is 1. The van der Waals surface area contributed by atoms with Crippen molar-refractivity contribution in [2.24, 2.45) is 5.92 Å². The summed E-state index contributed by atoms with van der Waals surface area (Å²) in [7, 11) is 0. The topological polar surface area (TPSA) is 56.3 Å². The Morgan fingerprint density at radius 2 is 2.26 bits per heavy atom. The van der Waals surface area contributed by atoms with Crippen molar-refractivity contribution in [1.82, 2.24) is 9.88 Å². The van der Waals surface area contributed by atoms with Crippen LogP contribution in [0.1, 0.15) is 22.5 Å². The maximum absolute atomic E-state index is 12.6. The zero-order valence-corrected chi connectivity index (χ0v) is 11.0. The molecule has 2 aromatic rings. The molecule has 1 unspecified atom stereocenters. The number of carbonyl (C=O) groups is 1. The predicted molar refractivity (Wildman–Crippen MR) is 74.1 cm³/mol. The number of carbonyl (C=O) groups excluding carboxylic acids is 1. The summed E-state index contributed by atoms with van der Waals surface area (Å²) in [5, 5.41) is 10.2. The molecule has 100 valence electrons. The van der Waals surface area contributed by atoms with Crippen molar-refractivity contribution in [3.05, 3.63) is 35.5 Å². The number of nitrogens with zero attached hydrogens (tertiary/aromatic N) is 1. The number of rotatable bonds is 2. The van der Waals surface area contributed by atoms with Gasteiger partial charge in [-0.15, -0.1) is 0 Å². The quantitative estimate of drug-likeness (QED) is 0.864. The van der Waals surface area contributed by atoms with Gasteiger partial charge in [0.2, 0.25) is 0 Å². The molecule has 2 heterocycles. The molecular formula is C15H18N2O2. The molecule has 1 aliphatic rings. The van der Waals surface area contributed by atoms with Crippen molar-refractivity contribution >= 4 is 16.8 Å². The zero-order valence-electron chi connectivity index (χ0n) is 11.0. The Morgan fingerprint density at radius 1 is 1.47 bits per heavy atom. The van der Waals surface area contributed by atoms with E-state index < -0.39 is 0 Å². The maximum atomic E-state index is 12.6. The molecule has 1 aromatic heterocycles. The molecule has 19 heavy (non-hydrogen) atoms. The SMILES string of the molecule is Cc1[nH]c2ccccc2c1C(=O)N1CCC(CO)C1. The number of aromatic nitrogens is 1. The summed E-state index contributed by atoms with van der Waals surface area (Å²) in [4.78, 5) is 17.7. The van der Waals surface area contributed by atoms with Gasteiger partial charge < -0.3 is 15.0 Å². The Kier molecular flexibility index (Phi) is 3.03. The van der Waals surface area contributed by atoms with Gasteiger partial charge in [0, 0.05) is 42.2 Å². The van der Waals surface area contributed by atoms with Crippen molar-refractivity contribution in [2.45, 2.75) is 13.3 Å². The molecule has 0 bridgehead atoms. The highest BCUT2D eigenvalue weighted by Gasteiger charge is 2.28. The summed E-state index contributed by atoms with van der Waals surface area (Å²) >= 11 is 0. The molecule has 3 rings (SSSR count). The van der Waals surface area contributed by atoms with E-state index in [1.165, 1.54) is 0 Å². The van der Waals surface area contributed by atoms with Gasteiger partial charge in [-0.1, -0.05) is 18.2 Å². The minimum Gasteiger partial charge on any atom is -0.396 e. The molecule has 1 aromatic carbocycles. The fraction of sp³-hybridized carbons (Fsp3) is 0.400. The monoisotopic (exact) mass is 258 g/mol. The fourth-order valence-electron chi connectivity index (χ4n) is 2.88. The van der Waals surface area contributed by atoms with Crippen LogP contribution in [0, 0.1) is 12.8 Å². The van der Waals surface area contributed by atoms with E-state index in [9.17, 15) is 9.90 Å². The average Bonchev–Trinajstić information content (AvgIpc) is 3.01. The summed E-state index contributed by atoms with van der Waals surface area (Å²) in [6.07, 6.45) is 0.893. The van der Waals surface area contributed by atoms with Crippen LogP contribution < -0.4 is 0 Å². The number of H-pyrrole nitrogens is 1. The second-order valence-electron chi connectivity index (χ2n) is 5.26. The second kappa shape index (κ2) is 4.70. The van der Waals surface area contributed by atoms with E-state index in [0.29, 0.717) is 6.54 Å². The van der Waals surface area contributed by atoms with Gasteiger partial charge in [0.25, 0.3) is 5.91 Å². The number of para-hydroxylation sites is 1. The molecule has 0 spiro atoms. The van der Waals surface area contributed by atoms with Crippen LogP contribution in [-0.2, 0) is 0 Å². The van der Waals surface area contributed by atoms with Crippen LogP contribution in [0.5, 0.6) is 0 Å². The van der Waals surface area contributed by atoms with Gasteiger partial charge in [0.05, 0.1) is 5.56 Å². The third kappa shape index (κ3) is 2.02. The highest BCUT2D eigenvalue weighted by molar-refractivity contribution is 6.08. The predicted octanol–water partition coefficient (Wildman–Crippen LogP) is 1.93. The van der Waals surface area contributed by atoms with Crippen LogP contribution in [0.25, 0.3) is 10.9 Å². The van der Waals surface area contributed by atoms with Crippen molar-refractivity contribution in [3.63, 3.8) is 0 Å². The zero-order chi connectivity index (χ0) is 13.4. The molecule has 0 radical (unpaired) electrons. The number of hydrogen-bond acceptors (Lipinski definition) is 2. The Morgan fingerprint density at radius 3 is 3.00 bits per heavy atom. The average molecular weight is 258 g/mol. The van der Waals surface area contributed by atoms with Gasteiger partial charge in [0.1, 0.15) is 0 Å². The second-order valence-corrected chi connectivity index (χ2v) is 5.26. The first-order valence-corrected chi connectivity index (χ1v) is 6.68. The van der Waals surface area contributed by atoms with Gasteiger partial charge in [-0.2, -0.15) is 0 Å². The van der Waals surface area contributed by atoms with Crippen LogP contribution in [0.3, 0.4) is 0 Å². The third-order valence-corrected chi connectivity index (χ3v) is 3.94. The summed E-state index contributed by atoms with van der Waals surface area (Å²) in [5.41, 5.74) is 2.69. The lowest BCUT2D eigenvalue weighted by molar-refractivity contribution is 0.0783. The maximum Gasteiger partial charge on any atom is 0.256 e. The minimum absolute atomic E-state index is 0.0749. The van der Waals surface area contributed by atoms with Crippen LogP contribution >= 0.6 is 0 Å². The van der Waals surface area contributed by atoms with Crippen molar-refractivity contribution < 1.29 is 9.90 Å². The third-order valence-electron chi connectivity index (χ3n) is 3.94. The van der Waals surface area contributed by atoms with E-state index in [2.05, 4.69) is 4.98 Å². The number of likely N-dealkylation sites (tertiary alicyclic amines) is 1. The Balaban J connectivity index is 1.96.